The van der Waals surface area contributed by atoms with Gasteiger partial charge in [-0.2, -0.15) is 0 Å². The van der Waals surface area contributed by atoms with Gasteiger partial charge >= 0.3 is 0 Å². The molecule has 1 heterocycles. The fraction of sp³-hybridized carbons (Fsp3) is 0.120. The summed E-state index contributed by atoms with van der Waals surface area (Å²) in [4.78, 5) is 27.5. The Morgan fingerprint density at radius 2 is 1.47 bits per heavy atom. The molecular weight excluding hydrogens is 442 g/mol. The smallest absolute Gasteiger partial charge is 0.295 e. The molecule has 4 nitrogen and oxygen atoms in total. The van der Waals surface area contributed by atoms with Crippen molar-refractivity contribution in [2.24, 2.45) is 0 Å². The molecule has 0 unspecified atom stereocenters. The minimum absolute atomic E-state index is 0.126. The molecular formula is C25H20BrNO3. The van der Waals surface area contributed by atoms with E-state index < -0.39 is 17.7 Å². The normalized spacial score (nSPS) is 18.0. The van der Waals surface area contributed by atoms with E-state index >= 15 is 0 Å². The second-order valence-corrected chi connectivity index (χ2v) is 8.06. The molecule has 0 radical (unpaired) electrons. The van der Waals surface area contributed by atoms with Gasteiger partial charge in [0.25, 0.3) is 11.7 Å². The number of aliphatic hydroxyl groups is 1. The van der Waals surface area contributed by atoms with Crippen LogP contribution in [0.1, 0.15) is 22.7 Å². The van der Waals surface area contributed by atoms with E-state index in [0.717, 1.165) is 15.6 Å². The van der Waals surface area contributed by atoms with Crippen LogP contribution in [0, 0.1) is 0 Å². The molecule has 150 valence electrons. The number of benzene rings is 3. The molecule has 1 atom stereocenters. The van der Waals surface area contributed by atoms with Gasteiger partial charge in [0.1, 0.15) is 5.76 Å². The first-order valence-corrected chi connectivity index (χ1v) is 10.5. The highest BCUT2D eigenvalue weighted by Gasteiger charge is 2.45. The molecule has 0 saturated carbocycles. The first-order valence-electron chi connectivity index (χ1n) is 9.69. The molecule has 3 aromatic rings. The summed E-state index contributed by atoms with van der Waals surface area (Å²) in [5.74, 6) is -1.39. The number of aliphatic hydroxyl groups excluding tert-OH is 1. The number of likely N-dealkylation sites (tertiary alicyclic amines) is 1. The number of Topliss-reactive ketones (excluding diaryl/α,β-unsaturated/α-hetero) is 1. The molecule has 3 aromatic carbocycles. The number of amides is 1. The lowest BCUT2D eigenvalue weighted by molar-refractivity contribution is -0.139. The maximum Gasteiger partial charge on any atom is 0.295 e. The van der Waals surface area contributed by atoms with Gasteiger partial charge in [-0.15, -0.1) is 0 Å². The van der Waals surface area contributed by atoms with Gasteiger partial charge in [-0.3, -0.25) is 9.59 Å². The largest absolute Gasteiger partial charge is 0.507 e. The Balaban J connectivity index is 1.78. The lowest BCUT2D eigenvalue weighted by Gasteiger charge is -2.25. The fourth-order valence-corrected chi connectivity index (χ4v) is 4.01. The molecule has 1 aliphatic rings. The van der Waals surface area contributed by atoms with Crippen molar-refractivity contribution in [1.82, 2.24) is 4.90 Å². The molecule has 5 heteroatoms. The molecule has 4 rings (SSSR count). The summed E-state index contributed by atoms with van der Waals surface area (Å²) in [6.07, 6.45) is 0.617. The summed E-state index contributed by atoms with van der Waals surface area (Å²) < 4.78 is 0.899. The van der Waals surface area contributed by atoms with E-state index in [0.29, 0.717) is 18.5 Å². The highest BCUT2D eigenvalue weighted by Crippen LogP contribution is 2.39. The summed E-state index contributed by atoms with van der Waals surface area (Å²) in [5.41, 5.74) is 2.50. The summed E-state index contributed by atoms with van der Waals surface area (Å²) >= 11 is 3.43. The summed E-state index contributed by atoms with van der Waals surface area (Å²) in [7, 11) is 0. The lowest BCUT2D eigenvalue weighted by Crippen LogP contribution is -2.31. The second kappa shape index (κ2) is 8.67. The average molecular weight is 462 g/mol. The van der Waals surface area contributed by atoms with E-state index in [-0.39, 0.29) is 11.3 Å². The Bertz CT molecular complexity index is 1090. The fourth-order valence-electron chi connectivity index (χ4n) is 3.75. The van der Waals surface area contributed by atoms with Crippen molar-refractivity contribution in [3.8, 4) is 0 Å². The van der Waals surface area contributed by atoms with Crippen molar-refractivity contribution in [3.05, 3.63) is 112 Å². The first kappa shape index (κ1) is 20.1. The number of carbonyl (C=O) groups is 2. The van der Waals surface area contributed by atoms with Crippen LogP contribution in [0.15, 0.2) is 95.0 Å². The number of ketones is 1. The molecule has 1 N–H and O–H groups in total. The number of halogens is 1. The molecule has 1 saturated heterocycles. The van der Waals surface area contributed by atoms with Crippen molar-refractivity contribution >= 4 is 33.4 Å². The van der Waals surface area contributed by atoms with Gasteiger partial charge in [0.2, 0.25) is 0 Å². The van der Waals surface area contributed by atoms with Crippen LogP contribution in [-0.2, 0) is 16.0 Å². The maximum atomic E-state index is 13.0. The van der Waals surface area contributed by atoms with Crippen LogP contribution in [0.3, 0.4) is 0 Å². The van der Waals surface area contributed by atoms with Gasteiger partial charge in [0.15, 0.2) is 0 Å². The van der Waals surface area contributed by atoms with Crippen LogP contribution < -0.4 is 0 Å². The van der Waals surface area contributed by atoms with E-state index in [2.05, 4.69) is 15.9 Å². The number of carbonyl (C=O) groups excluding carboxylic acids is 2. The zero-order valence-electron chi connectivity index (χ0n) is 16.2. The van der Waals surface area contributed by atoms with Crippen molar-refractivity contribution in [2.75, 3.05) is 6.54 Å². The number of nitrogens with zero attached hydrogens (tertiary/aromatic N) is 1. The Kier molecular flexibility index (Phi) is 5.81. The molecule has 0 bridgehead atoms. The quantitative estimate of drug-likeness (QED) is 0.326. The van der Waals surface area contributed by atoms with Crippen molar-refractivity contribution in [2.45, 2.75) is 12.5 Å². The van der Waals surface area contributed by atoms with Crippen LogP contribution in [-0.4, -0.2) is 28.2 Å². The minimum atomic E-state index is -0.655. The zero-order valence-corrected chi connectivity index (χ0v) is 17.7. The lowest BCUT2D eigenvalue weighted by atomic mass is 9.95. The monoisotopic (exact) mass is 461 g/mol. The molecule has 1 aliphatic heterocycles. The molecule has 1 fully saturated rings. The molecule has 0 spiro atoms. The zero-order chi connectivity index (χ0) is 21.1. The summed E-state index contributed by atoms with van der Waals surface area (Å²) in [5, 5.41) is 11.0. The van der Waals surface area contributed by atoms with E-state index in [1.807, 2.05) is 60.7 Å². The van der Waals surface area contributed by atoms with Gasteiger partial charge in [0, 0.05) is 16.6 Å². The Labute approximate surface area is 183 Å². The van der Waals surface area contributed by atoms with Crippen molar-refractivity contribution in [3.63, 3.8) is 0 Å². The predicted molar refractivity (Wildman–Crippen MR) is 120 cm³/mol. The Morgan fingerprint density at radius 3 is 2.10 bits per heavy atom. The van der Waals surface area contributed by atoms with Crippen LogP contribution in [0.2, 0.25) is 0 Å². The third-order valence-electron chi connectivity index (χ3n) is 5.26. The average Bonchev–Trinajstić information content (AvgIpc) is 3.04. The summed E-state index contributed by atoms with van der Waals surface area (Å²) in [6.45, 7) is 0.376. The first-order chi connectivity index (χ1) is 14.6. The number of rotatable bonds is 5. The van der Waals surface area contributed by atoms with E-state index in [4.69, 9.17) is 0 Å². The van der Waals surface area contributed by atoms with Crippen LogP contribution in [0.25, 0.3) is 5.76 Å². The highest BCUT2D eigenvalue weighted by molar-refractivity contribution is 9.10. The number of hydrogen-bond donors (Lipinski definition) is 1. The molecule has 0 aliphatic carbocycles. The maximum absolute atomic E-state index is 13.0. The standard InChI is InChI=1S/C25H20BrNO3/c26-20-13-11-18(12-14-20)22-21(23(28)19-9-5-2-6-10-19)24(29)25(30)27(22)16-15-17-7-3-1-4-8-17/h1-14,22,28H,15-16H2/b23-21+/t22-/m0/s1. The van der Waals surface area contributed by atoms with Crippen LogP contribution in [0.4, 0.5) is 0 Å². The third-order valence-corrected chi connectivity index (χ3v) is 5.79. The second-order valence-electron chi connectivity index (χ2n) is 7.15. The number of hydrogen-bond acceptors (Lipinski definition) is 3. The van der Waals surface area contributed by atoms with Gasteiger partial charge < -0.3 is 10.0 Å². The van der Waals surface area contributed by atoms with Gasteiger partial charge in [0.05, 0.1) is 11.6 Å². The summed E-state index contributed by atoms with van der Waals surface area (Å²) in [6, 6.07) is 25.5. The Morgan fingerprint density at radius 1 is 0.867 bits per heavy atom. The minimum Gasteiger partial charge on any atom is -0.507 e. The van der Waals surface area contributed by atoms with E-state index in [1.54, 1.807) is 29.2 Å². The predicted octanol–water partition coefficient (Wildman–Crippen LogP) is 5.11. The van der Waals surface area contributed by atoms with Gasteiger partial charge in [-0.25, -0.2) is 0 Å². The molecule has 0 aromatic heterocycles. The SMILES string of the molecule is O=C1C(=O)N(CCc2ccccc2)[C@@H](c2ccc(Br)cc2)/C1=C(\O)c1ccccc1. The Hall–Kier alpha value is -3.18. The van der Waals surface area contributed by atoms with Crippen LogP contribution in [0.5, 0.6) is 0 Å². The van der Waals surface area contributed by atoms with E-state index in [1.165, 1.54) is 0 Å². The highest BCUT2D eigenvalue weighted by atomic mass is 79.9. The van der Waals surface area contributed by atoms with Crippen LogP contribution >= 0.6 is 15.9 Å². The topological polar surface area (TPSA) is 57.6 Å². The van der Waals surface area contributed by atoms with Crippen molar-refractivity contribution in [1.29, 1.82) is 0 Å². The van der Waals surface area contributed by atoms with Gasteiger partial charge in [-0.1, -0.05) is 88.7 Å². The molecule has 30 heavy (non-hydrogen) atoms. The molecule has 1 amide bonds. The third kappa shape index (κ3) is 3.94. The van der Waals surface area contributed by atoms with Crippen molar-refractivity contribution < 1.29 is 14.7 Å². The van der Waals surface area contributed by atoms with E-state index in [9.17, 15) is 14.7 Å². The van der Waals surface area contributed by atoms with Gasteiger partial charge in [-0.05, 0) is 29.7 Å².